The van der Waals surface area contributed by atoms with Crippen LogP contribution >= 0.6 is 0 Å². The summed E-state index contributed by atoms with van der Waals surface area (Å²) in [6, 6.07) is 12.7. The maximum absolute atomic E-state index is 12.5. The number of hydrogen-bond acceptors (Lipinski definition) is 5. The Hall–Kier alpha value is -3.78. The fourth-order valence-corrected chi connectivity index (χ4v) is 2.53. The van der Waals surface area contributed by atoms with Crippen molar-refractivity contribution < 1.29 is 14.8 Å². The molecule has 0 aliphatic heterocycles. The maximum Gasteiger partial charge on any atom is 0.267 e. The largest absolute Gasteiger partial charge is 0.398 e. The van der Waals surface area contributed by atoms with Crippen molar-refractivity contribution in [1.82, 2.24) is 10.8 Å². The van der Waals surface area contributed by atoms with Crippen LogP contribution in [0.25, 0.3) is 0 Å². The summed E-state index contributed by atoms with van der Waals surface area (Å²) in [5.74, 6) is 9.99. The lowest BCUT2D eigenvalue weighted by atomic mass is 9.89. The van der Waals surface area contributed by atoms with E-state index < -0.39 is 23.4 Å². The van der Waals surface area contributed by atoms with Gasteiger partial charge < -0.3 is 16.8 Å². The van der Waals surface area contributed by atoms with E-state index in [0.717, 1.165) is 0 Å². The number of amides is 2. The molecule has 2 rings (SSSR count). The van der Waals surface area contributed by atoms with Crippen molar-refractivity contribution in [2.24, 2.45) is 5.73 Å². The van der Waals surface area contributed by atoms with Crippen molar-refractivity contribution in [3.8, 4) is 23.7 Å². The third-order valence-corrected chi connectivity index (χ3v) is 4.64. The molecule has 0 saturated carbocycles. The van der Waals surface area contributed by atoms with Gasteiger partial charge in [-0.3, -0.25) is 14.8 Å². The van der Waals surface area contributed by atoms with E-state index in [0.29, 0.717) is 28.8 Å². The quantitative estimate of drug-likeness (QED) is 0.223. The minimum atomic E-state index is -1.10. The van der Waals surface area contributed by atoms with Crippen LogP contribution in [0.3, 0.4) is 0 Å². The Morgan fingerprint density at radius 3 is 2.33 bits per heavy atom. The van der Waals surface area contributed by atoms with E-state index in [1.54, 1.807) is 49.7 Å². The Labute approximate surface area is 175 Å². The first-order valence-corrected chi connectivity index (χ1v) is 9.28. The van der Waals surface area contributed by atoms with Crippen LogP contribution in [-0.4, -0.2) is 28.6 Å². The first-order chi connectivity index (χ1) is 14.3. The van der Waals surface area contributed by atoms with Crippen LogP contribution in [0.4, 0.5) is 5.69 Å². The number of nitrogens with two attached hydrogens (primary N) is 2. The van der Waals surface area contributed by atoms with Gasteiger partial charge in [0, 0.05) is 27.9 Å². The summed E-state index contributed by atoms with van der Waals surface area (Å²) in [6.07, 6.45) is 0.412. The summed E-state index contributed by atoms with van der Waals surface area (Å²) < 4.78 is 0. The van der Waals surface area contributed by atoms with Gasteiger partial charge in [-0.15, -0.1) is 0 Å². The summed E-state index contributed by atoms with van der Waals surface area (Å²) in [7, 11) is 0. The van der Waals surface area contributed by atoms with Crippen LogP contribution in [0.5, 0.6) is 0 Å². The van der Waals surface area contributed by atoms with Crippen molar-refractivity contribution in [3.63, 3.8) is 0 Å². The van der Waals surface area contributed by atoms with Gasteiger partial charge in [-0.2, -0.15) is 0 Å². The number of anilines is 1. The van der Waals surface area contributed by atoms with Crippen LogP contribution in [-0.2, 0) is 4.79 Å². The number of carbonyl (C=O) groups excluding carboxylic acids is 2. The van der Waals surface area contributed by atoms with E-state index in [2.05, 4.69) is 29.0 Å². The number of carbonyl (C=O) groups is 2. The average Bonchev–Trinajstić information content (AvgIpc) is 2.75. The SMILES string of the molecule is CCC(C)(N)C(NC(=O)c1ccc(C#CC#Cc2ccccc2N)cc1)C(=O)NO. The highest BCUT2D eigenvalue weighted by Gasteiger charge is 2.35. The van der Waals surface area contributed by atoms with Crippen molar-refractivity contribution in [2.75, 3.05) is 5.73 Å². The van der Waals surface area contributed by atoms with Gasteiger partial charge in [-0.25, -0.2) is 5.48 Å². The third kappa shape index (κ3) is 5.86. The Morgan fingerprint density at radius 2 is 1.73 bits per heavy atom. The molecule has 0 fully saturated rings. The van der Waals surface area contributed by atoms with Crippen molar-refractivity contribution in [1.29, 1.82) is 0 Å². The summed E-state index contributed by atoms with van der Waals surface area (Å²) in [6.45, 7) is 3.41. The predicted octanol–water partition coefficient (Wildman–Crippen LogP) is 1.40. The van der Waals surface area contributed by atoms with Gasteiger partial charge in [0.2, 0.25) is 0 Å². The van der Waals surface area contributed by atoms with Crippen LogP contribution in [0.1, 0.15) is 41.8 Å². The highest BCUT2D eigenvalue weighted by Crippen LogP contribution is 2.13. The molecule has 2 amide bonds. The van der Waals surface area contributed by atoms with Crippen molar-refractivity contribution in [3.05, 3.63) is 65.2 Å². The van der Waals surface area contributed by atoms with Gasteiger partial charge >= 0.3 is 0 Å². The molecule has 0 aromatic heterocycles. The van der Waals surface area contributed by atoms with E-state index in [1.165, 1.54) is 0 Å². The van der Waals surface area contributed by atoms with Gasteiger partial charge in [-0.05, 0) is 61.6 Å². The Bertz CT molecular complexity index is 1040. The van der Waals surface area contributed by atoms with E-state index in [4.69, 9.17) is 16.7 Å². The number of hydrogen-bond donors (Lipinski definition) is 5. The maximum atomic E-state index is 12.5. The molecule has 7 heteroatoms. The molecule has 2 atom stereocenters. The molecule has 0 aliphatic carbocycles. The summed E-state index contributed by atoms with van der Waals surface area (Å²) >= 11 is 0. The number of nitrogen functional groups attached to an aromatic ring is 1. The molecule has 154 valence electrons. The molecule has 0 saturated heterocycles. The zero-order valence-corrected chi connectivity index (χ0v) is 16.8. The lowest BCUT2D eigenvalue weighted by Gasteiger charge is -2.32. The van der Waals surface area contributed by atoms with Crippen LogP contribution in [0.2, 0.25) is 0 Å². The van der Waals surface area contributed by atoms with E-state index >= 15 is 0 Å². The summed E-state index contributed by atoms with van der Waals surface area (Å²) in [4.78, 5) is 24.4. The Balaban J connectivity index is 2.10. The second kappa shape index (κ2) is 10.1. The topological polar surface area (TPSA) is 130 Å². The number of rotatable bonds is 5. The van der Waals surface area contributed by atoms with Gasteiger partial charge in [0.1, 0.15) is 6.04 Å². The second-order valence-corrected chi connectivity index (χ2v) is 6.91. The fourth-order valence-electron chi connectivity index (χ4n) is 2.53. The van der Waals surface area contributed by atoms with Crippen LogP contribution < -0.4 is 22.3 Å². The number of nitrogens with one attached hydrogen (secondary N) is 2. The summed E-state index contributed by atoms with van der Waals surface area (Å²) in [5.41, 5.74) is 14.7. The fraction of sp³-hybridized carbons (Fsp3) is 0.217. The minimum absolute atomic E-state index is 0.325. The smallest absolute Gasteiger partial charge is 0.267 e. The normalized spacial score (nSPS) is 12.8. The molecule has 7 nitrogen and oxygen atoms in total. The van der Waals surface area contributed by atoms with E-state index in [-0.39, 0.29) is 0 Å². The zero-order valence-electron chi connectivity index (χ0n) is 16.8. The molecule has 2 aromatic rings. The second-order valence-electron chi connectivity index (χ2n) is 6.91. The highest BCUT2D eigenvalue weighted by molar-refractivity contribution is 5.98. The number of benzene rings is 2. The lowest BCUT2D eigenvalue weighted by Crippen LogP contribution is -2.62. The van der Waals surface area contributed by atoms with Crippen molar-refractivity contribution >= 4 is 17.5 Å². The number of hydroxylamine groups is 1. The average molecular weight is 404 g/mol. The predicted molar refractivity (Wildman–Crippen MR) is 115 cm³/mol. The first kappa shape index (κ1) is 22.5. The van der Waals surface area contributed by atoms with Gasteiger partial charge in [0.15, 0.2) is 0 Å². The van der Waals surface area contributed by atoms with E-state index in [9.17, 15) is 9.59 Å². The standard InChI is InChI=1S/C23H24N4O3/c1-3-23(2,25)20(22(29)27-30)26-21(28)18-14-12-16(13-15-18)8-4-5-9-17-10-6-7-11-19(17)24/h6-7,10-15,20,30H,3,24-25H2,1-2H3,(H,26,28)(H,27,29). The molecule has 2 aromatic carbocycles. The first-order valence-electron chi connectivity index (χ1n) is 9.28. The Kier molecular flexibility index (Phi) is 7.60. The van der Waals surface area contributed by atoms with Crippen LogP contribution in [0.15, 0.2) is 48.5 Å². The summed E-state index contributed by atoms with van der Waals surface area (Å²) in [5, 5.41) is 11.5. The molecular formula is C23H24N4O3. The molecule has 2 unspecified atom stereocenters. The molecule has 0 bridgehead atoms. The molecule has 0 spiro atoms. The van der Waals surface area contributed by atoms with E-state index in [1.807, 2.05) is 18.2 Å². The molecule has 0 aliphatic rings. The Morgan fingerprint density at radius 1 is 1.10 bits per heavy atom. The van der Waals surface area contributed by atoms with Gasteiger partial charge in [-0.1, -0.05) is 30.9 Å². The highest BCUT2D eigenvalue weighted by atomic mass is 16.5. The molecule has 7 N–H and O–H groups in total. The molecule has 30 heavy (non-hydrogen) atoms. The third-order valence-electron chi connectivity index (χ3n) is 4.64. The zero-order chi connectivity index (χ0) is 22.1. The van der Waals surface area contributed by atoms with Crippen LogP contribution in [0, 0.1) is 23.7 Å². The molecule has 0 radical (unpaired) electrons. The number of para-hydroxylation sites is 1. The molecule has 0 heterocycles. The molecular weight excluding hydrogens is 380 g/mol. The lowest BCUT2D eigenvalue weighted by molar-refractivity contribution is -0.132. The van der Waals surface area contributed by atoms with Crippen molar-refractivity contribution in [2.45, 2.75) is 31.8 Å². The minimum Gasteiger partial charge on any atom is -0.398 e. The van der Waals surface area contributed by atoms with Gasteiger partial charge in [0.05, 0.1) is 0 Å². The van der Waals surface area contributed by atoms with Gasteiger partial charge in [0.25, 0.3) is 11.8 Å². The monoisotopic (exact) mass is 404 g/mol.